The van der Waals surface area contributed by atoms with Crippen LogP contribution in [-0.2, 0) is 13.5 Å². The normalized spacial score (nSPS) is 12.7. The van der Waals surface area contributed by atoms with Crippen LogP contribution in [0.5, 0.6) is 0 Å². The van der Waals surface area contributed by atoms with Crippen molar-refractivity contribution in [3.8, 4) is 0 Å². The predicted octanol–water partition coefficient (Wildman–Crippen LogP) is 3.83. The average molecular weight is 354 g/mol. The SMILES string of the molecule is CCNC(Cc1ccc(Br)cc1F)c1c(C)nn(C)c1C. The van der Waals surface area contributed by atoms with Gasteiger partial charge in [0.05, 0.1) is 5.69 Å². The van der Waals surface area contributed by atoms with Gasteiger partial charge in [0.1, 0.15) is 5.82 Å². The third-order valence-electron chi connectivity index (χ3n) is 3.80. The zero-order valence-electron chi connectivity index (χ0n) is 12.9. The van der Waals surface area contributed by atoms with Gasteiger partial charge in [0.15, 0.2) is 0 Å². The highest BCUT2D eigenvalue weighted by molar-refractivity contribution is 9.10. The van der Waals surface area contributed by atoms with Gasteiger partial charge in [-0.3, -0.25) is 4.68 Å². The summed E-state index contributed by atoms with van der Waals surface area (Å²) < 4.78 is 16.7. The van der Waals surface area contributed by atoms with E-state index < -0.39 is 0 Å². The molecule has 1 N–H and O–H groups in total. The molecule has 0 saturated heterocycles. The van der Waals surface area contributed by atoms with E-state index in [4.69, 9.17) is 0 Å². The minimum Gasteiger partial charge on any atom is -0.310 e. The third-order valence-corrected chi connectivity index (χ3v) is 4.30. The van der Waals surface area contributed by atoms with Crippen LogP contribution in [0.2, 0.25) is 0 Å². The van der Waals surface area contributed by atoms with Crippen molar-refractivity contribution in [2.75, 3.05) is 6.54 Å². The number of likely N-dealkylation sites (N-methyl/N-ethyl adjacent to an activating group) is 1. The van der Waals surface area contributed by atoms with Crippen LogP contribution in [0.1, 0.15) is 35.5 Å². The Balaban J connectivity index is 2.35. The van der Waals surface area contributed by atoms with Gasteiger partial charge >= 0.3 is 0 Å². The first-order valence-electron chi connectivity index (χ1n) is 7.11. The Bertz CT molecular complexity index is 637. The van der Waals surface area contributed by atoms with Crippen LogP contribution in [0, 0.1) is 19.7 Å². The minimum atomic E-state index is -0.175. The zero-order valence-corrected chi connectivity index (χ0v) is 14.5. The van der Waals surface area contributed by atoms with Crippen LogP contribution in [0.25, 0.3) is 0 Å². The molecule has 21 heavy (non-hydrogen) atoms. The van der Waals surface area contributed by atoms with Crippen LogP contribution in [0.15, 0.2) is 22.7 Å². The molecule has 0 aliphatic heterocycles. The monoisotopic (exact) mass is 353 g/mol. The van der Waals surface area contributed by atoms with Crippen molar-refractivity contribution >= 4 is 15.9 Å². The van der Waals surface area contributed by atoms with Crippen molar-refractivity contribution in [3.63, 3.8) is 0 Å². The van der Waals surface area contributed by atoms with E-state index in [2.05, 4.69) is 40.2 Å². The molecule has 1 heterocycles. The summed E-state index contributed by atoms with van der Waals surface area (Å²) in [5.74, 6) is -0.175. The Morgan fingerprint density at radius 1 is 1.38 bits per heavy atom. The number of rotatable bonds is 5. The smallest absolute Gasteiger partial charge is 0.127 e. The van der Waals surface area contributed by atoms with Crippen molar-refractivity contribution in [2.24, 2.45) is 7.05 Å². The summed E-state index contributed by atoms with van der Waals surface area (Å²) in [5.41, 5.74) is 4.00. The maximum atomic E-state index is 14.1. The Hall–Kier alpha value is -1.20. The zero-order chi connectivity index (χ0) is 15.6. The van der Waals surface area contributed by atoms with Crippen LogP contribution >= 0.6 is 15.9 Å². The summed E-state index contributed by atoms with van der Waals surface area (Å²) in [5, 5.41) is 7.92. The number of benzene rings is 1. The lowest BCUT2D eigenvalue weighted by Gasteiger charge is -2.19. The Morgan fingerprint density at radius 3 is 2.62 bits per heavy atom. The van der Waals surface area contributed by atoms with Gasteiger partial charge in [-0.15, -0.1) is 0 Å². The van der Waals surface area contributed by atoms with E-state index in [-0.39, 0.29) is 11.9 Å². The second-order valence-corrected chi connectivity index (χ2v) is 6.17. The van der Waals surface area contributed by atoms with Gasteiger partial charge in [-0.05, 0) is 44.5 Å². The average Bonchev–Trinajstić information content (AvgIpc) is 2.66. The highest BCUT2D eigenvalue weighted by Crippen LogP contribution is 2.26. The molecule has 2 aromatic rings. The molecular formula is C16H21BrFN3. The minimum absolute atomic E-state index is 0.0689. The molecule has 1 aromatic heterocycles. The number of hydrogen-bond donors (Lipinski definition) is 1. The standard InChI is InChI=1S/C16H21BrFN3/c1-5-19-15(16-10(2)20-21(4)11(16)3)8-12-6-7-13(17)9-14(12)18/h6-7,9,15,19H,5,8H2,1-4H3. The predicted molar refractivity (Wildman–Crippen MR) is 86.9 cm³/mol. The quantitative estimate of drug-likeness (QED) is 0.884. The first-order valence-corrected chi connectivity index (χ1v) is 7.90. The molecule has 1 unspecified atom stereocenters. The molecule has 0 spiro atoms. The molecule has 2 rings (SSSR count). The van der Waals surface area contributed by atoms with E-state index in [9.17, 15) is 4.39 Å². The van der Waals surface area contributed by atoms with Crippen molar-refractivity contribution in [3.05, 3.63) is 51.0 Å². The summed E-state index contributed by atoms with van der Waals surface area (Å²) >= 11 is 3.30. The number of aromatic nitrogens is 2. The van der Waals surface area contributed by atoms with Crippen molar-refractivity contribution in [1.82, 2.24) is 15.1 Å². The highest BCUT2D eigenvalue weighted by Gasteiger charge is 2.21. The Morgan fingerprint density at radius 2 is 2.10 bits per heavy atom. The van der Waals surface area contributed by atoms with E-state index in [1.807, 2.05) is 30.8 Å². The summed E-state index contributed by atoms with van der Waals surface area (Å²) in [6.45, 7) is 6.95. The fourth-order valence-corrected chi connectivity index (χ4v) is 3.06. The molecule has 114 valence electrons. The van der Waals surface area contributed by atoms with E-state index >= 15 is 0 Å². The second kappa shape index (κ2) is 6.71. The second-order valence-electron chi connectivity index (χ2n) is 5.26. The van der Waals surface area contributed by atoms with Crippen LogP contribution in [-0.4, -0.2) is 16.3 Å². The number of nitrogens with zero attached hydrogens (tertiary/aromatic N) is 2. The number of nitrogens with one attached hydrogen (secondary N) is 1. The Labute approximate surface area is 133 Å². The van der Waals surface area contributed by atoms with Crippen LogP contribution in [0.4, 0.5) is 4.39 Å². The number of aryl methyl sites for hydroxylation is 2. The summed E-state index contributed by atoms with van der Waals surface area (Å²) in [7, 11) is 1.94. The Kier molecular flexibility index (Phi) is 5.17. The van der Waals surface area contributed by atoms with E-state index in [1.165, 1.54) is 11.6 Å². The molecule has 5 heteroatoms. The van der Waals surface area contributed by atoms with Crippen LogP contribution in [0.3, 0.4) is 0 Å². The van der Waals surface area contributed by atoms with E-state index in [0.717, 1.165) is 22.4 Å². The maximum Gasteiger partial charge on any atom is 0.127 e. The number of halogens is 2. The van der Waals surface area contributed by atoms with Gasteiger partial charge < -0.3 is 5.32 Å². The molecule has 1 aromatic carbocycles. The largest absolute Gasteiger partial charge is 0.310 e. The van der Waals surface area contributed by atoms with Gasteiger partial charge in [-0.1, -0.05) is 28.9 Å². The lowest BCUT2D eigenvalue weighted by Crippen LogP contribution is -2.24. The molecular weight excluding hydrogens is 333 g/mol. The molecule has 0 radical (unpaired) electrons. The molecule has 3 nitrogen and oxygen atoms in total. The lowest BCUT2D eigenvalue weighted by molar-refractivity contribution is 0.523. The summed E-state index contributed by atoms with van der Waals surface area (Å²) in [4.78, 5) is 0. The van der Waals surface area contributed by atoms with Gasteiger partial charge in [0, 0.05) is 28.8 Å². The van der Waals surface area contributed by atoms with Gasteiger partial charge in [-0.2, -0.15) is 5.10 Å². The van der Waals surface area contributed by atoms with Gasteiger partial charge in [0.2, 0.25) is 0 Å². The van der Waals surface area contributed by atoms with Gasteiger partial charge in [0.25, 0.3) is 0 Å². The first-order chi connectivity index (χ1) is 9.93. The molecule has 0 fully saturated rings. The topological polar surface area (TPSA) is 29.9 Å². The van der Waals surface area contributed by atoms with E-state index in [1.54, 1.807) is 0 Å². The fraction of sp³-hybridized carbons (Fsp3) is 0.438. The van der Waals surface area contributed by atoms with Crippen molar-refractivity contribution in [1.29, 1.82) is 0 Å². The first kappa shape index (κ1) is 16.2. The summed E-state index contributed by atoms with van der Waals surface area (Å²) in [6.07, 6.45) is 0.611. The molecule has 0 amide bonds. The van der Waals surface area contributed by atoms with Crippen molar-refractivity contribution < 1.29 is 4.39 Å². The van der Waals surface area contributed by atoms with E-state index in [0.29, 0.717) is 12.0 Å². The van der Waals surface area contributed by atoms with Crippen LogP contribution < -0.4 is 5.32 Å². The molecule has 0 aliphatic carbocycles. The molecule has 0 saturated carbocycles. The maximum absolute atomic E-state index is 14.1. The molecule has 0 aliphatic rings. The molecule has 0 bridgehead atoms. The third kappa shape index (κ3) is 3.52. The highest BCUT2D eigenvalue weighted by atomic mass is 79.9. The lowest BCUT2D eigenvalue weighted by atomic mass is 9.97. The van der Waals surface area contributed by atoms with Crippen molar-refractivity contribution in [2.45, 2.75) is 33.2 Å². The number of hydrogen-bond acceptors (Lipinski definition) is 2. The van der Waals surface area contributed by atoms with Gasteiger partial charge in [-0.25, -0.2) is 4.39 Å². The fourth-order valence-electron chi connectivity index (χ4n) is 2.72. The summed E-state index contributed by atoms with van der Waals surface area (Å²) in [6, 6.07) is 5.30. The molecule has 1 atom stereocenters.